The molecule has 0 radical (unpaired) electrons. The minimum atomic E-state index is -0.934. The normalized spacial score (nSPS) is 31.4. The Bertz CT molecular complexity index is 327. The Balaban J connectivity index is 1.43. The lowest BCUT2D eigenvalue weighted by atomic mass is 9.91. The molecule has 116 valence electrons. The second-order valence-electron chi connectivity index (χ2n) is 7.82. The predicted octanol–water partition coefficient (Wildman–Crippen LogP) is 1.84. The molecule has 2 saturated heterocycles. The van der Waals surface area contributed by atoms with Crippen molar-refractivity contribution in [1.29, 1.82) is 0 Å². The summed E-state index contributed by atoms with van der Waals surface area (Å²) in [5, 5.41) is 0. The molecule has 0 bridgehead atoms. The summed E-state index contributed by atoms with van der Waals surface area (Å²) in [7, 11) is 2.15. The molecule has 2 heterocycles. The number of rotatable bonds is 4. The van der Waals surface area contributed by atoms with Crippen LogP contribution in [0.5, 0.6) is 0 Å². The van der Waals surface area contributed by atoms with E-state index in [1.54, 1.807) is 0 Å². The SMILES string of the molecule is CN1CCN(CC2(F)CCN(CC3(C)CC3)CC2)CC1. The van der Waals surface area contributed by atoms with Gasteiger partial charge in [-0.25, -0.2) is 4.39 Å². The van der Waals surface area contributed by atoms with Crippen LogP contribution in [0.3, 0.4) is 0 Å². The summed E-state index contributed by atoms with van der Waals surface area (Å²) in [4.78, 5) is 7.16. The van der Waals surface area contributed by atoms with Gasteiger partial charge in [0.15, 0.2) is 0 Å². The molecule has 0 aromatic carbocycles. The summed E-state index contributed by atoms with van der Waals surface area (Å²) in [5.74, 6) is 0. The summed E-state index contributed by atoms with van der Waals surface area (Å²) in [6, 6.07) is 0. The molecule has 0 aromatic heterocycles. The highest BCUT2D eigenvalue weighted by Crippen LogP contribution is 2.46. The molecule has 1 saturated carbocycles. The molecule has 0 spiro atoms. The van der Waals surface area contributed by atoms with Crippen molar-refractivity contribution >= 4 is 0 Å². The van der Waals surface area contributed by atoms with Gasteiger partial charge in [0.05, 0.1) is 0 Å². The van der Waals surface area contributed by atoms with E-state index in [4.69, 9.17) is 0 Å². The van der Waals surface area contributed by atoms with Crippen molar-refractivity contribution in [3.8, 4) is 0 Å². The molecule has 4 heteroatoms. The van der Waals surface area contributed by atoms with Gasteiger partial charge in [-0.05, 0) is 38.1 Å². The second kappa shape index (κ2) is 5.54. The van der Waals surface area contributed by atoms with E-state index in [1.807, 2.05) is 0 Å². The van der Waals surface area contributed by atoms with Gasteiger partial charge in [0, 0.05) is 52.4 Å². The van der Waals surface area contributed by atoms with Crippen LogP contribution < -0.4 is 0 Å². The summed E-state index contributed by atoms with van der Waals surface area (Å²) >= 11 is 0. The highest BCUT2D eigenvalue weighted by atomic mass is 19.1. The van der Waals surface area contributed by atoms with Gasteiger partial charge in [0.2, 0.25) is 0 Å². The van der Waals surface area contributed by atoms with Crippen molar-refractivity contribution in [2.24, 2.45) is 5.41 Å². The first-order valence-electron chi connectivity index (χ1n) is 8.29. The quantitative estimate of drug-likeness (QED) is 0.779. The topological polar surface area (TPSA) is 9.72 Å². The maximum absolute atomic E-state index is 15.0. The highest BCUT2D eigenvalue weighted by Gasteiger charge is 2.42. The van der Waals surface area contributed by atoms with Gasteiger partial charge in [0.25, 0.3) is 0 Å². The molecule has 0 aromatic rings. The fraction of sp³-hybridized carbons (Fsp3) is 1.00. The number of piperazine rings is 1. The van der Waals surface area contributed by atoms with Crippen LogP contribution in [0, 0.1) is 5.41 Å². The minimum Gasteiger partial charge on any atom is -0.304 e. The number of hydrogen-bond acceptors (Lipinski definition) is 3. The van der Waals surface area contributed by atoms with Gasteiger partial charge < -0.3 is 9.80 Å². The van der Waals surface area contributed by atoms with Crippen molar-refractivity contribution in [2.45, 2.75) is 38.3 Å². The molecular formula is C16H30FN3. The van der Waals surface area contributed by atoms with Crippen molar-refractivity contribution in [3.63, 3.8) is 0 Å². The van der Waals surface area contributed by atoms with Crippen LogP contribution in [0.4, 0.5) is 4.39 Å². The van der Waals surface area contributed by atoms with E-state index in [-0.39, 0.29) is 0 Å². The average molecular weight is 283 g/mol. The van der Waals surface area contributed by atoms with Crippen LogP contribution in [0.2, 0.25) is 0 Å². The molecule has 3 fully saturated rings. The zero-order chi connectivity index (χ0) is 14.2. The molecule has 3 nitrogen and oxygen atoms in total. The van der Waals surface area contributed by atoms with E-state index in [2.05, 4.69) is 28.7 Å². The number of piperidine rings is 1. The number of halogens is 1. The van der Waals surface area contributed by atoms with Gasteiger partial charge >= 0.3 is 0 Å². The smallest absolute Gasteiger partial charge is 0.126 e. The Morgan fingerprint density at radius 2 is 1.35 bits per heavy atom. The number of likely N-dealkylation sites (N-methyl/N-ethyl adjacent to an activating group) is 1. The third-order valence-electron chi connectivity index (χ3n) is 5.56. The van der Waals surface area contributed by atoms with Gasteiger partial charge in [-0.2, -0.15) is 0 Å². The van der Waals surface area contributed by atoms with Crippen LogP contribution in [0.1, 0.15) is 32.6 Å². The van der Waals surface area contributed by atoms with Crippen LogP contribution in [0.15, 0.2) is 0 Å². The molecule has 3 rings (SSSR count). The molecule has 3 aliphatic rings. The second-order valence-corrected chi connectivity index (χ2v) is 7.82. The fourth-order valence-electron chi connectivity index (χ4n) is 3.59. The first-order chi connectivity index (χ1) is 9.46. The van der Waals surface area contributed by atoms with E-state index >= 15 is 0 Å². The van der Waals surface area contributed by atoms with Gasteiger partial charge in [-0.15, -0.1) is 0 Å². The highest BCUT2D eigenvalue weighted by molar-refractivity contribution is 4.95. The zero-order valence-electron chi connectivity index (χ0n) is 13.2. The Kier molecular flexibility index (Phi) is 4.08. The van der Waals surface area contributed by atoms with E-state index in [0.29, 0.717) is 12.0 Å². The monoisotopic (exact) mass is 283 g/mol. The van der Waals surface area contributed by atoms with E-state index < -0.39 is 5.67 Å². The Morgan fingerprint density at radius 3 is 1.90 bits per heavy atom. The first-order valence-corrected chi connectivity index (χ1v) is 8.29. The summed E-state index contributed by atoms with van der Waals surface area (Å²) in [6.45, 7) is 10.4. The number of hydrogen-bond donors (Lipinski definition) is 0. The predicted molar refractivity (Wildman–Crippen MR) is 80.8 cm³/mol. The maximum Gasteiger partial charge on any atom is 0.126 e. The number of alkyl halides is 1. The maximum atomic E-state index is 15.0. The van der Waals surface area contributed by atoms with Gasteiger partial charge in [-0.3, -0.25) is 4.90 Å². The molecule has 0 atom stereocenters. The number of nitrogens with zero attached hydrogens (tertiary/aromatic N) is 3. The third-order valence-corrected chi connectivity index (χ3v) is 5.56. The lowest BCUT2D eigenvalue weighted by Crippen LogP contribution is -2.53. The lowest BCUT2D eigenvalue weighted by molar-refractivity contribution is 0.00839. The number of likely N-dealkylation sites (tertiary alicyclic amines) is 1. The van der Waals surface area contributed by atoms with Crippen molar-refractivity contribution in [1.82, 2.24) is 14.7 Å². The van der Waals surface area contributed by atoms with Crippen molar-refractivity contribution in [2.75, 3.05) is 59.4 Å². The van der Waals surface area contributed by atoms with E-state index in [1.165, 1.54) is 19.4 Å². The molecule has 0 unspecified atom stereocenters. The molecule has 0 N–H and O–H groups in total. The van der Waals surface area contributed by atoms with E-state index in [9.17, 15) is 4.39 Å². The molecule has 0 amide bonds. The third kappa shape index (κ3) is 3.71. The molecule has 20 heavy (non-hydrogen) atoms. The van der Waals surface area contributed by atoms with Gasteiger partial charge in [-0.1, -0.05) is 6.92 Å². The van der Waals surface area contributed by atoms with Crippen LogP contribution in [-0.4, -0.2) is 79.8 Å². The summed E-state index contributed by atoms with van der Waals surface area (Å²) < 4.78 is 15.0. The standard InChI is InChI=1S/C16H30FN3/c1-15(3-4-15)13-19-7-5-16(17,6-8-19)14-20-11-9-18(2)10-12-20/h3-14H2,1-2H3. The first kappa shape index (κ1) is 14.7. The van der Waals surface area contributed by atoms with Crippen molar-refractivity contribution in [3.05, 3.63) is 0 Å². The summed E-state index contributed by atoms with van der Waals surface area (Å²) in [5.41, 5.74) is -0.370. The Morgan fingerprint density at radius 1 is 0.800 bits per heavy atom. The fourth-order valence-corrected chi connectivity index (χ4v) is 3.59. The van der Waals surface area contributed by atoms with Crippen LogP contribution >= 0.6 is 0 Å². The average Bonchev–Trinajstić information content (AvgIpc) is 3.13. The van der Waals surface area contributed by atoms with Crippen molar-refractivity contribution < 1.29 is 4.39 Å². The zero-order valence-corrected chi connectivity index (χ0v) is 13.2. The van der Waals surface area contributed by atoms with E-state index in [0.717, 1.165) is 52.1 Å². The van der Waals surface area contributed by atoms with Crippen LogP contribution in [0.25, 0.3) is 0 Å². The summed E-state index contributed by atoms with van der Waals surface area (Å²) in [6.07, 6.45) is 4.20. The molecular weight excluding hydrogens is 253 g/mol. The Labute approximate surface area is 123 Å². The lowest BCUT2D eigenvalue weighted by Gasteiger charge is -2.42. The molecule has 1 aliphatic carbocycles. The Hall–Kier alpha value is -0.190. The van der Waals surface area contributed by atoms with Gasteiger partial charge in [0.1, 0.15) is 5.67 Å². The largest absolute Gasteiger partial charge is 0.304 e. The van der Waals surface area contributed by atoms with Crippen LogP contribution in [-0.2, 0) is 0 Å². The molecule has 2 aliphatic heterocycles. The minimum absolute atomic E-state index is 0.563.